The van der Waals surface area contributed by atoms with E-state index in [0.29, 0.717) is 6.04 Å². The van der Waals surface area contributed by atoms with Crippen LogP contribution in [0.25, 0.3) is 10.9 Å². The molecule has 1 saturated heterocycles. The molecule has 2 heterocycles. The number of fused-ring (bicyclic) bond motifs is 1. The fourth-order valence-corrected chi connectivity index (χ4v) is 3.00. The summed E-state index contributed by atoms with van der Waals surface area (Å²) in [6.07, 6.45) is 4.18. The molecule has 1 fully saturated rings. The lowest BCUT2D eigenvalue weighted by molar-refractivity contribution is 0.443. The molecule has 0 unspecified atom stereocenters. The van der Waals surface area contributed by atoms with Gasteiger partial charge in [0.15, 0.2) is 0 Å². The fraction of sp³-hybridized carbons (Fsp3) is 0.400. The molecule has 1 aliphatic rings. The van der Waals surface area contributed by atoms with E-state index in [-0.39, 0.29) is 0 Å². The van der Waals surface area contributed by atoms with Crippen molar-refractivity contribution in [2.75, 3.05) is 25.0 Å². The molecular weight excluding hydrogens is 258 g/mol. The summed E-state index contributed by atoms with van der Waals surface area (Å²) in [7, 11) is 2.04. The van der Waals surface area contributed by atoms with Gasteiger partial charge in [0.1, 0.15) is 0 Å². The minimum absolute atomic E-state index is 0.641. The summed E-state index contributed by atoms with van der Waals surface area (Å²) in [5.41, 5.74) is 2.22. The first kappa shape index (κ1) is 12.7. The SMILES string of the molecule is CNC1CCN(c2ccc(Cl)c3cccnc23)CC1. The molecule has 3 rings (SSSR count). The predicted octanol–water partition coefficient (Wildman–Crippen LogP) is 3.08. The summed E-state index contributed by atoms with van der Waals surface area (Å²) in [6, 6.07) is 8.69. The van der Waals surface area contributed by atoms with Gasteiger partial charge in [-0.25, -0.2) is 0 Å². The second-order valence-corrected chi connectivity index (χ2v) is 5.42. The Labute approximate surface area is 118 Å². The molecular formula is C15H18ClN3. The fourth-order valence-electron chi connectivity index (χ4n) is 2.79. The third kappa shape index (κ3) is 2.40. The van der Waals surface area contributed by atoms with Crippen LogP contribution in [0.5, 0.6) is 0 Å². The van der Waals surface area contributed by atoms with Gasteiger partial charge in [0.05, 0.1) is 16.2 Å². The number of benzene rings is 1. The molecule has 2 aromatic rings. The molecule has 1 aliphatic heterocycles. The number of piperidine rings is 1. The van der Waals surface area contributed by atoms with Crippen molar-refractivity contribution in [3.8, 4) is 0 Å². The van der Waals surface area contributed by atoms with Gasteiger partial charge in [-0.05, 0) is 44.2 Å². The molecule has 4 heteroatoms. The Balaban J connectivity index is 1.95. The van der Waals surface area contributed by atoms with Gasteiger partial charge in [-0.15, -0.1) is 0 Å². The first-order chi connectivity index (χ1) is 9.29. The maximum Gasteiger partial charge on any atom is 0.0950 e. The van der Waals surface area contributed by atoms with Gasteiger partial charge in [-0.3, -0.25) is 4.98 Å². The van der Waals surface area contributed by atoms with E-state index in [2.05, 4.69) is 21.3 Å². The standard InChI is InChI=1S/C15H18ClN3/c1-17-11-6-9-19(10-7-11)14-5-4-13(16)12-3-2-8-18-15(12)14/h2-5,8,11,17H,6-7,9-10H2,1H3. The van der Waals surface area contributed by atoms with Gasteiger partial charge in [0.2, 0.25) is 0 Å². The topological polar surface area (TPSA) is 28.2 Å². The zero-order valence-electron chi connectivity index (χ0n) is 11.1. The molecule has 3 nitrogen and oxygen atoms in total. The second kappa shape index (κ2) is 5.35. The zero-order chi connectivity index (χ0) is 13.2. The Morgan fingerprint density at radius 2 is 2.05 bits per heavy atom. The molecule has 0 atom stereocenters. The maximum atomic E-state index is 6.25. The van der Waals surface area contributed by atoms with Gasteiger partial charge >= 0.3 is 0 Å². The summed E-state index contributed by atoms with van der Waals surface area (Å²) in [6.45, 7) is 2.14. The molecule has 0 saturated carbocycles. The van der Waals surface area contributed by atoms with Crippen LogP contribution in [0.3, 0.4) is 0 Å². The first-order valence-electron chi connectivity index (χ1n) is 6.75. The number of hydrogen-bond acceptors (Lipinski definition) is 3. The summed E-state index contributed by atoms with van der Waals surface area (Å²) < 4.78 is 0. The average Bonchev–Trinajstić information content (AvgIpc) is 2.48. The van der Waals surface area contributed by atoms with Crippen LogP contribution < -0.4 is 10.2 Å². The van der Waals surface area contributed by atoms with Crippen LogP contribution in [0.4, 0.5) is 5.69 Å². The molecule has 0 radical (unpaired) electrons. The minimum atomic E-state index is 0.641. The number of anilines is 1. The molecule has 1 aromatic heterocycles. The van der Waals surface area contributed by atoms with E-state index < -0.39 is 0 Å². The van der Waals surface area contributed by atoms with E-state index in [1.807, 2.05) is 31.4 Å². The van der Waals surface area contributed by atoms with E-state index in [0.717, 1.165) is 29.0 Å². The number of nitrogens with zero attached hydrogens (tertiary/aromatic N) is 2. The van der Waals surface area contributed by atoms with Crippen molar-refractivity contribution in [2.45, 2.75) is 18.9 Å². The number of halogens is 1. The largest absolute Gasteiger partial charge is 0.370 e. The van der Waals surface area contributed by atoms with Crippen LogP contribution in [0, 0.1) is 0 Å². The van der Waals surface area contributed by atoms with Crippen LogP contribution >= 0.6 is 11.6 Å². The molecule has 19 heavy (non-hydrogen) atoms. The van der Waals surface area contributed by atoms with Crippen LogP contribution in [0.1, 0.15) is 12.8 Å². The molecule has 1 aromatic carbocycles. The summed E-state index contributed by atoms with van der Waals surface area (Å²) in [5.74, 6) is 0. The monoisotopic (exact) mass is 275 g/mol. The van der Waals surface area contributed by atoms with Gasteiger partial charge in [0.25, 0.3) is 0 Å². The van der Waals surface area contributed by atoms with Crippen LogP contribution in [-0.2, 0) is 0 Å². The highest BCUT2D eigenvalue weighted by Gasteiger charge is 2.20. The number of rotatable bonds is 2. The van der Waals surface area contributed by atoms with Gasteiger partial charge in [-0.1, -0.05) is 11.6 Å². The van der Waals surface area contributed by atoms with E-state index >= 15 is 0 Å². The van der Waals surface area contributed by atoms with Crippen molar-refractivity contribution in [3.63, 3.8) is 0 Å². The third-order valence-corrected chi connectivity index (χ3v) is 4.27. The Hall–Kier alpha value is -1.32. The number of hydrogen-bond donors (Lipinski definition) is 1. The van der Waals surface area contributed by atoms with Crippen molar-refractivity contribution < 1.29 is 0 Å². The maximum absolute atomic E-state index is 6.25. The van der Waals surface area contributed by atoms with E-state index in [1.54, 1.807) is 0 Å². The predicted molar refractivity (Wildman–Crippen MR) is 81.0 cm³/mol. The molecule has 0 amide bonds. The average molecular weight is 276 g/mol. The van der Waals surface area contributed by atoms with Gasteiger partial charge in [0, 0.05) is 30.7 Å². The van der Waals surface area contributed by atoms with E-state index in [9.17, 15) is 0 Å². The lowest BCUT2D eigenvalue weighted by atomic mass is 10.0. The molecule has 0 aliphatic carbocycles. The molecule has 0 bridgehead atoms. The minimum Gasteiger partial charge on any atom is -0.370 e. The zero-order valence-corrected chi connectivity index (χ0v) is 11.8. The van der Waals surface area contributed by atoms with E-state index in [1.165, 1.54) is 18.5 Å². The Bertz CT molecular complexity index is 577. The van der Waals surface area contributed by atoms with E-state index in [4.69, 9.17) is 11.6 Å². The smallest absolute Gasteiger partial charge is 0.0950 e. The Morgan fingerprint density at radius 1 is 1.26 bits per heavy atom. The van der Waals surface area contributed by atoms with Gasteiger partial charge < -0.3 is 10.2 Å². The highest BCUT2D eigenvalue weighted by atomic mass is 35.5. The number of pyridine rings is 1. The Morgan fingerprint density at radius 3 is 2.79 bits per heavy atom. The summed E-state index contributed by atoms with van der Waals surface area (Å²) in [4.78, 5) is 6.93. The first-order valence-corrected chi connectivity index (χ1v) is 7.13. The lowest BCUT2D eigenvalue weighted by Gasteiger charge is -2.33. The second-order valence-electron chi connectivity index (χ2n) is 5.02. The van der Waals surface area contributed by atoms with Crippen molar-refractivity contribution >= 4 is 28.2 Å². The molecule has 0 spiro atoms. The number of nitrogens with one attached hydrogen (secondary N) is 1. The van der Waals surface area contributed by atoms with Gasteiger partial charge in [-0.2, -0.15) is 0 Å². The van der Waals surface area contributed by atoms with Crippen LogP contribution in [0.2, 0.25) is 5.02 Å². The van der Waals surface area contributed by atoms with Crippen LogP contribution in [0.15, 0.2) is 30.5 Å². The summed E-state index contributed by atoms with van der Waals surface area (Å²) >= 11 is 6.25. The lowest BCUT2D eigenvalue weighted by Crippen LogP contribution is -2.41. The van der Waals surface area contributed by atoms with Crippen molar-refractivity contribution in [3.05, 3.63) is 35.5 Å². The molecule has 1 N–H and O–H groups in total. The highest BCUT2D eigenvalue weighted by Crippen LogP contribution is 2.31. The number of aromatic nitrogens is 1. The van der Waals surface area contributed by atoms with Crippen molar-refractivity contribution in [2.24, 2.45) is 0 Å². The quantitative estimate of drug-likeness (QED) is 0.913. The third-order valence-electron chi connectivity index (χ3n) is 3.94. The van der Waals surface area contributed by atoms with Crippen LogP contribution in [-0.4, -0.2) is 31.2 Å². The highest BCUT2D eigenvalue weighted by molar-refractivity contribution is 6.35. The normalized spacial score (nSPS) is 17.1. The van der Waals surface area contributed by atoms with Crippen molar-refractivity contribution in [1.82, 2.24) is 10.3 Å². The summed E-state index contributed by atoms with van der Waals surface area (Å²) in [5, 5.41) is 5.17. The Kier molecular flexibility index (Phi) is 3.58. The van der Waals surface area contributed by atoms with Crippen molar-refractivity contribution in [1.29, 1.82) is 0 Å². The molecule has 100 valence electrons.